The molecule has 1 aromatic rings. The minimum absolute atomic E-state index is 0.508. The summed E-state index contributed by atoms with van der Waals surface area (Å²) >= 11 is 5.91. The molecule has 1 heterocycles. The molecular formula is C12H16ClN. The largest absolute Gasteiger partial charge is 0.310 e. The average Bonchev–Trinajstić information content (AvgIpc) is 2.30. The Kier molecular flexibility index (Phi) is 3.44. The molecule has 1 aliphatic heterocycles. The summed E-state index contributed by atoms with van der Waals surface area (Å²) < 4.78 is 0. The fourth-order valence-electron chi connectivity index (χ4n) is 2.08. The number of hydrogen-bond acceptors (Lipinski definition) is 1. The predicted molar refractivity (Wildman–Crippen MR) is 60.6 cm³/mol. The maximum atomic E-state index is 5.91. The smallest absolute Gasteiger partial charge is 0.0323 e. The van der Waals surface area contributed by atoms with Crippen molar-refractivity contribution in [3.63, 3.8) is 0 Å². The molecule has 2 heteroatoms. The topological polar surface area (TPSA) is 12.0 Å². The first-order valence-corrected chi connectivity index (χ1v) is 5.78. The molecule has 0 radical (unpaired) electrons. The molecule has 2 atom stereocenters. The van der Waals surface area contributed by atoms with Crippen LogP contribution in [0.1, 0.15) is 24.4 Å². The Bertz CT molecular complexity index is 273. The Morgan fingerprint density at radius 2 is 2.07 bits per heavy atom. The van der Waals surface area contributed by atoms with Crippen LogP contribution in [0.25, 0.3) is 0 Å². The van der Waals surface area contributed by atoms with E-state index in [4.69, 9.17) is 11.6 Å². The van der Waals surface area contributed by atoms with E-state index < -0.39 is 0 Å². The number of rotatable bonds is 2. The SMILES string of the molecule is ClCC1CCNC(c2ccccc2)C1. The summed E-state index contributed by atoms with van der Waals surface area (Å²) in [6, 6.07) is 11.1. The molecule has 76 valence electrons. The van der Waals surface area contributed by atoms with E-state index in [1.54, 1.807) is 0 Å². The van der Waals surface area contributed by atoms with Gasteiger partial charge in [0.25, 0.3) is 0 Å². The predicted octanol–water partition coefficient (Wildman–Crippen LogP) is 2.97. The number of hydrogen-bond donors (Lipinski definition) is 1. The molecule has 0 bridgehead atoms. The molecule has 2 rings (SSSR count). The lowest BCUT2D eigenvalue weighted by atomic mass is 9.90. The van der Waals surface area contributed by atoms with E-state index in [2.05, 4.69) is 35.6 Å². The van der Waals surface area contributed by atoms with E-state index in [1.807, 2.05) is 0 Å². The summed E-state index contributed by atoms with van der Waals surface area (Å²) in [7, 11) is 0. The number of piperidine rings is 1. The van der Waals surface area contributed by atoms with E-state index in [9.17, 15) is 0 Å². The van der Waals surface area contributed by atoms with Gasteiger partial charge >= 0.3 is 0 Å². The quantitative estimate of drug-likeness (QED) is 0.739. The third-order valence-electron chi connectivity index (χ3n) is 2.93. The zero-order valence-electron chi connectivity index (χ0n) is 8.25. The van der Waals surface area contributed by atoms with Gasteiger partial charge in [-0.25, -0.2) is 0 Å². The Morgan fingerprint density at radius 1 is 1.29 bits per heavy atom. The van der Waals surface area contributed by atoms with Crippen LogP contribution < -0.4 is 5.32 Å². The molecule has 0 saturated carbocycles. The summed E-state index contributed by atoms with van der Waals surface area (Å²) in [6.07, 6.45) is 2.39. The first-order chi connectivity index (χ1) is 6.90. The van der Waals surface area contributed by atoms with E-state index in [0.717, 1.165) is 12.4 Å². The third-order valence-corrected chi connectivity index (χ3v) is 3.37. The molecule has 2 unspecified atom stereocenters. The molecular weight excluding hydrogens is 194 g/mol. The van der Waals surface area contributed by atoms with Gasteiger partial charge < -0.3 is 5.32 Å². The standard InChI is InChI=1S/C12H16ClN/c13-9-10-6-7-14-12(8-10)11-4-2-1-3-5-11/h1-5,10,12,14H,6-9H2. The maximum absolute atomic E-state index is 5.91. The molecule has 1 fully saturated rings. The van der Waals surface area contributed by atoms with Crippen molar-refractivity contribution in [1.29, 1.82) is 0 Å². The van der Waals surface area contributed by atoms with Gasteiger partial charge in [-0.05, 0) is 30.9 Å². The Hall–Kier alpha value is -0.530. The van der Waals surface area contributed by atoms with Crippen molar-refractivity contribution in [2.45, 2.75) is 18.9 Å². The molecule has 1 nitrogen and oxygen atoms in total. The van der Waals surface area contributed by atoms with Gasteiger partial charge in [-0.1, -0.05) is 30.3 Å². The van der Waals surface area contributed by atoms with Gasteiger partial charge in [-0.15, -0.1) is 11.6 Å². The Morgan fingerprint density at radius 3 is 2.79 bits per heavy atom. The summed E-state index contributed by atoms with van der Waals surface area (Å²) in [4.78, 5) is 0. The van der Waals surface area contributed by atoms with Crippen LogP contribution >= 0.6 is 11.6 Å². The fraction of sp³-hybridized carbons (Fsp3) is 0.500. The Labute approximate surface area is 90.5 Å². The van der Waals surface area contributed by atoms with E-state index >= 15 is 0 Å². The van der Waals surface area contributed by atoms with Crippen molar-refractivity contribution in [2.24, 2.45) is 5.92 Å². The van der Waals surface area contributed by atoms with Crippen molar-refractivity contribution >= 4 is 11.6 Å². The maximum Gasteiger partial charge on any atom is 0.0323 e. The highest BCUT2D eigenvalue weighted by atomic mass is 35.5. The minimum Gasteiger partial charge on any atom is -0.310 e. The third kappa shape index (κ3) is 2.28. The van der Waals surface area contributed by atoms with Gasteiger partial charge in [0, 0.05) is 11.9 Å². The van der Waals surface area contributed by atoms with Crippen molar-refractivity contribution < 1.29 is 0 Å². The molecule has 0 spiro atoms. The van der Waals surface area contributed by atoms with Gasteiger partial charge in [-0.2, -0.15) is 0 Å². The molecule has 1 saturated heterocycles. The normalized spacial score (nSPS) is 27.5. The second-order valence-corrected chi connectivity index (χ2v) is 4.27. The van der Waals surface area contributed by atoms with Crippen LogP contribution in [0.5, 0.6) is 0 Å². The van der Waals surface area contributed by atoms with Crippen LogP contribution in [0.2, 0.25) is 0 Å². The van der Waals surface area contributed by atoms with E-state index in [0.29, 0.717) is 12.0 Å². The molecule has 0 aliphatic carbocycles. The number of halogens is 1. The van der Waals surface area contributed by atoms with Crippen LogP contribution in [-0.4, -0.2) is 12.4 Å². The zero-order chi connectivity index (χ0) is 9.80. The summed E-state index contributed by atoms with van der Waals surface area (Å²) in [5.74, 6) is 1.48. The van der Waals surface area contributed by atoms with Crippen molar-refractivity contribution in [3.05, 3.63) is 35.9 Å². The zero-order valence-corrected chi connectivity index (χ0v) is 9.00. The summed E-state index contributed by atoms with van der Waals surface area (Å²) in [5.41, 5.74) is 1.39. The lowest BCUT2D eigenvalue weighted by Crippen LogP contribution is -2.32. The molecule has 1 aliphatic rings. The lowest BCUT2D eigenvalue weighted by Gasteiger charge is -2.29. The number of benzene rings is 1. The first kappa shape index (κ1) is 10.0. The molecule has 1 N–H and O–H groups in total. The van der Waals surface area contributed by atoms with Gasteiger partial charge in [-0.3, -0.25) is 0 Å². The van der Waals surface area contributed by atoms with Crippen LogP contribution in [0.15, 0.2) is 30.3 Å². The Balaban J connectivity index is 2.04. The lowest BCUT2D eigenvalue weighted by molar-refractivity contribution is 0.328. The van der Waals surface area contributed by atoms with Gasteiger partial charge in [0.2, 0.25) is 0 Å². The van der Waals surface area contributed by atoms with Gasteiger partial charge in [0.05, 0.1) is 0 Å². The molecule has 14 heavy (non-hydrogen) atoms. The molecule has 0 aromatic heterocycles. The molecule has 1 aromatic carbocycles. The highest BCUT2D eigenvalue weighted by molar-refractivity contribution is 6.18. The fourth-order valence-corrected chi connectivity index (χ4v) is 2.36. The number of nitrogens with one attached hydrogen (secondary N) is 1. The second kappa shape index (κ2) is 4.81. The monoisotopic (exact) mass is 209 g/mol. The van der Waals surface area contributed by atoms with Crippen LogP contribution in [0.3, 0.4) is 0 Å². The van der Waals surface area contributed by atoms with Crippen LogP contribution in [0, 0.1) is 5.92 Å². The average molecular weight is 210 g/mol. The summed E-state index contributed by atoms with van der Waals surface area (Å²) in [5, 5.41) is 3.54. The van der Waals surface area contributed by atoms with Crippen molar-refractivity contribution in [3.8, 4) is 0 Å². The second-order valence-electron chi connectivity index (χ2n) is 3.96. The first-order valence-electron chi connectivity index (χ1n) is 5.24. The van der Waals surface area contributed by atoms with Crippen LogP contribution in [0.4, 0.5) is 0 Å². The van der Waals surface area contributed by atoms with Crippen molar-refractivity contribution in [2.75, 3.05) is 12.4 Å². The van der Waals surface area contributed by atoms with Gasteiger partial charge in [0.15, 0.2) is 0 Å². The highest BCUT2D eigenvalue weighted by Crippen LogP contribution is 2.27. The van der Waals surface area contributed by atoms with Gasteiger partial charge in [0.1, 0.15) is 0 Å². The van der Waals surface area contributed by atoms with E-state index in [1.165, 1.54) is 18.4 Å². The summed E-state index contributed by atoms with van der Waals surface area (Å²) in [6.45, 7) is 1.09. The molecule has 0 amide bonds. The minimum atomic E-state index is 0.508. The van der Waals surface area contributed by atoms with Crippen LogP contribution in [-0.2, 0) is 0 Å². The van der Waals surface area contributed by atoms with E-state index in [-0.39, 0.29) is 0 Å². The highest BCUT2D eigenvalue weighted by Gasteiger charge is 2.21. The van der Waals surface area contributed by atoms with Crippen molar-refractivity contribution in [1.82, 2.24) is 5.32 Å². The number of alkyl halides is 1.